The molecule has 1 saturated heterocycles. The van der Waals surface area contributed by atoms with Crippen molar-refractivity contribution in [1.82, 2.24) is 9.80 Å². The van der Waals surface area contributed by atoms with Gasteiger partial charge in [-0.25, -0.2) is 0 Å². The zero-order chi connectivity index (χ0) is 17.8. The minimum Gasteiger partial charge on any atom is -0.335 e. The monoisotopic (exact) mass is 392 g/mol. The third-order valence-corrected chi connectivity index (χ3v) is 6.09. The average molecular weight is 393 g/mol. The number of amides is 1. The summed E-state index contributed by atoms with van der Waals surface area (Å²) in [6.45, 7) is 7.05. The van der Waals surface area contributed by atoms with E-state index in [-0.39, 0.29) is 18.3 Å². The molecule has 1 aromatic carbocycles. The minimum atomic E-state index is 0. The van der Waals surface area contributed by atoms with Gasteiger partial charge in [0.15, 0.2) is 0 Å². The normalized spacial score (nSPS) is 15.5. The van der Waals surface area contributed by atoms with E-state index in [9.17, 15) is 4.79 Å². The summed E-state index contributed by atoms with van der Waals surface area (Å²) in [5.41, 5.74) is 3.73. The molecule has 0 aliphatic carbocycles. The van der Waals surface area contributed by atoms with E-state index in [1.165, 1.54) is 21.6 Å². The Morgan fingerprint density at radius 1 is 1.15 bits per heavy atom. The third-order valence-electron chi connectivity index (χ3n) is 5.03. The summed E-state index contributed by atoms with van der Waals surface area (Å²) in [5.74, 6) is 0.261. The van der Waals surface area contributed by atoms with Gasteiger partial charge in [0.25, 0.3) is 0 Å². The molecule has 2 aromatic rings. The lowest BCUT2D eigenvalue weighted by molar-refractivity contribution is -0.134. The highest BCUT2D eigenvalue weighted by molar-refractivity contribution is 7.10. The number of carbonyl (C=O) groups is 1. The first kappa shape index (κ1) is 20.9. The predicted molar refractivity (Wildman–Crippen MR) is 112 cm³/mol. The van der Waals surface area contributed by atoms with Crippen molar-refractivity contribution in [2.45, 2.75) is 45.7 Å². The molecule has 5 heteroatoms. The van der Waals surface area contributed by atoms with Gasteiger partial charge in [-0.05, 0) is 69.4 Å². The van der Waals surface area contributed by atoms with E-state index < -0.39 is 0 Å². The Balaban J connectivity index is 0.00000243. The number of thiophene rings is 1. The van der Waals surface area contributed by atoms with Crippen LogP contribution in [0, 0.1) is 13.8 Å². The van der Waals surface area contributed by atoms with Crippen LogP contribution in [0.1, 0.15) is 34.4 Å². The summed E-state index contributed by atoms with van der Waals surface area (Å²) in [6.07, 6.45) is 2.66. The molecule has 3 rings (SSSR count). The first-order chi connectivity index (χ1) is 12.0. The van der Waals surface area contributed by atoms with Crippen molar-refractivity contribution in [3.63, 3.8) is 0 Å². The van der Waals surface area contributed by atoms with Gasteiger partial charge < -0.3 is 9.80 Å². The Kier molecular flexibility index (Phi) is 7.69. The molecular weight excluding hydrogens is 364 g/mol. The molecule has 0 bridgehead atoms. The zero-order valence-corrected chi connectivity index (χ0v) is 17.5. The van der Waals surface area contributed by atoms with Crippen molar-refractivity contribution in [2.24, 2.45) is 0 Å². The number of halogens is 1. The lowest BCUT2D eigenvalue weighted by Crippen LogP contribution is -2.46. The fourth-order valence-electron chi connectivity index (χ4n) is 3.45. The molecule has 2 heterocycles. The van der Waals surface area contributed by atoms with Crippen molar-refractivity contribution in [3.05, 3.63) is 57.3 Å². The number of benzene rings is 1. The summed E-state index contributed by atoms with van der Waals surface area (Å²) in [4.78, 5) is 18.8. The van der Waals surface area contributed by atoms with Gasteiger partial charge in [0, 0.05) is 17.5 Å². The molecule has 0 atom stereocenters. The van der Waals surface area contributed by atoms with Crippen LogP contribution >= 0.6 is 23.7 Å². The Hall–Kier alpha value is -1.36. The van der Waals surface area contributed by atoms with E-state index in [1.54, 1.807) is 11.3 Å². The molecule has 142 valence electrons. The van der Waals surface area contributed by atoms with Crippen LogP contribution in [-0.4, -0.2) is 41.9 Å². The van der Waals surface area contributed by atoms with Gasteiger partial charge in [0.05, 0.1) is 6.42 Å². The molecule has 1 fully saturated rings. The zero-order valence-electron chi connectivity index (χ0n) is 15.9. The molecule has 0 N–H and O–H groups in total. The van der Waals surface area contributed by atoms with Gasteiger partial charge in [-0.2, -0.15) is 0 Å². The van der Waals surface area contributed by atoms with Crippen molar-refractivity contribution < 1.29 is 4.79 Å². The first-order valence-electron chi connectivity index (χ1n) is 9.09. The largest absolute Gasteiger partial charge is 0.335 e. The van der Waals surface area contributed by atoms with E-state index >= 15 is 0 Å². The Bertz CT molecular complexity index is 705. The van der Waals surface area contributed by atoms with E-state index in [0.29, 0.717) is 12.5 Å². The van der Waals surface area contributed by atoms with Crippen LogP contribution in [-0.2, 0) is 17.8 Å². The number of rotatable bonds is 5. The summed E-state index contributed by atoms with van der Waals surface area (Å²) < 4.78 is 0. The lowest BCUT2D eigenvalue weighted by Gasteiger charge is -2.37. The maximum atomic E-state index is 13.1. The molecular formula is C21H29ClN2OS. The van der Waals surface area contributed by atoms with E-state index in [1.807, 2.05) is 0 Å². The lowest BCUT2D eigenvalue weighted by atomic mass is 10.0. The van der Waals surface area contributed by atoms with Crippen molar-refractivity contribution in [3.8, 4) is 0 Å². The average Bonchev–Trinajstić information content (AvgIpc) is 3.00. The van der Waals surface area contributed by atoms with Crippen LogP contribution in [0.25, 0.3) is 0 Å². The van der Waals surface area contributed by atoms with E-state index in [2.05, 4.69) is 66.4 Å². The maximum absolute atomic E-state index is 13.1. The highest BCUT2D eigenvalue weighted by Gasteiger charge is 2.27. The Morgan fingerprint density at radius 3 is 2.38 bits per heavy atom. The van der Waals surface area contributed by atoms with Gasteiger partial charge in [-0.3, -0.25) is 4.79 Å². The molecule has 1 aromatic heterocycles. The van der Waals surface area contributed by atoms with Gasteiger partial charge in [0.2, 0.25) is 5.91 Å². The van der Waals surface area contributed by atoms with Crippen LogP contribution in [0.2, 0.25) is 0 Å². The molecule has 1 amide bonds. The van der Waals surface area contributed by atoms with Crippen LogP contribution in [0.3, 0.4) is 0 Å². The first-order valence-corrected chi connectivity index (χ1v) is 9.97. The quantitative estimate of drug-likeness (QED) is 0.750. The standard InChI is InChI=1S/C21H28N2OS.ClH/c1-16-4-6-18(7-5-16)14-23(19-8-10-22(3)11-9-19)21(24)13-20-12-17(2)15-25-20;/h4-7,12,15,19H,8-11,13-14H2,1-3H3;1H. The summed E-state index contributed by atoms with van der Waals surface area (Å²) in [6, 6.07) is 11.1. The summed E-state index contributed by atoms with van der Waals surface area (Å²) in [7, 11) is 2.16. The molecule has 0 spiro atoms. The Labute approximate surface area is 167 Å². The molecule has 1 aliphatic heterocycles. The molecule has 0 unspecified atom stereocenters. The van der Waals surface area contributed by atoms with E-state index in [0.717, 1.165) is 32.5 Å². The van der Waals surface area contributed by atoms with Crippen molar-refractivity contribution >= 4 is 29.7 Å². The van der Waals surface area contributed by atoms with E-state index in [4.69, 9.17) is 0 Å². The Morgan fingerprint density at radius 2 is 1.81 bits per heavy atom. The van der Waals surface area contributed by atoms with Crippen LogP contribution in [0.4, 0.5) is 0 Å². The number of aryl methyl sites for hydroxylation is 2. The topological polar surface area (TPSA) is 23.6 Å². The number of piperidine rings is 1. The highest BCUT2D eigenvalue weighted by atomic mass is 35.5. The molecule has 1 aliphatic rings. The fourth-order valence-corrected chi connectivity index (χ4v) is 4.32. The number of carbonyl (C=O) groups excluding carboxylic acids is 1. The predicted octanol–water partition coefficient (Wildman–Crippen LogP) is 4.45. The minimum absolute atomic E-state index is 0. The maximum Gasteiger partial charge on any atom is 0.228 e. The van der Waals surface area contributed by atoms with Crippen LogP contribution < -0.4 is 0 Å². The smallest absolute Gasteiger partial charge is 0.228 e. The van der Waals surface area contributed by atoms with Crippen molar-refractivity contribution in [1.29, 1.82) is 0 Å². The number of hydrogen-bond acceptors (Lipinski definition) is 3. The van der Waals surface area contributed by atoms with Crippen molar-refractivity contribution in [2.75, 3.05) is 20.1 Å². The second-order valence-electron chi connectivity index (χ2n) is 7.31. The van der Waals surface area contributed by atoms with Gasteiger partial charge in [-0.1, -0.05) is 29.8 Å². The number of likely N-dealkylation sites (tertiary alicyclic amines) is 1. The molecule has 3 nitrogen and oxygen atoms in total. The second-order valence-corrected chi connectivity index (χ2v) is 8.30. The third kappa shape index (κ3) is 5.57. The highest BCUT2D eigenvalue weighted by Crippen LogP contribution is 2.22. The number of hydrogen-bond donors (Lipinski definition) is 0. The number of nitrogens with zero attached hydrogens (tertiary/aromatic N) is 2. The molecule has 0 radical (unpaired) electrons. The van der Waals surface area contributed by atoms with Crippen LogP contribution in [0.5, 0.6) is 0 Å². The fraction of sp³-hybridized carbons (Fsp3) is 0.476. The van der Waals surface area contributed by atoms with Gasteiger partial charge in [-0.15, -0.1) is 23.7 Å². The molecule has 26 heavy (non-hydrogen) atoms. The van der Waals surface area contributed by atoms with Gasteiger partial charge in [0.1, 0.15) is 0 Å². The summed E-state index contributed by atoms with van der Waals surface area (Å²) >= 11 is 1.69. The van der Waals surface area contributed by atoms with Crippen LogP contribution in [0.15, 0.2) is 35.7 Å². The second kappa shape index (κ2) is 9.54. The molecule has 0 saturated carbocycles. The SMILES string of the molecule is Cc1ccc(CN(C(=O)Cc2cc(C)cs2)C2CCN(C)CC2)cc1.Cl. The van der Waals surface area contributed by atoms with Gasteiger partial charge >= 0.3 is 0 Å². The summed E-state index contributed by atoms with van der Waals surface area (Å²) in [5, 5.41) is 2.13.